The van der Waals surface area contributed by atoms with Crippen LogP contribution in [0.3, 0.4) is 0 Å². The van der Waals surface area contributed by atoms with Crippen molar-refractivity contribution in [3.63, 3.8) is 0 Å². The SMILES string of the molecule is COC(=O)[C@@H](CCCN(C)C(=O)OC(C)(C)C)C1CCC(Oc2cc3c(Nc4cccc(Cl)c4F)ncnc3cc2OC)CC1. The number of benzene rings is 2. The molecule has 0 bridgehead atoms. The van der Waals surface area contributed by atoms with Crippen LogP contribution in [0.1, 0.15) is 59.3 Å². The van der Waals surface area contributed by atoms with E-state index in [0.29, 0.717) is 47.6 Å². The summed E-state index contributed by atoms with van der Waals surface area (Å²) in [6, 6.07) is 8.26. The highest BCUT2D eigenvalue weighted by molar-refractivity contribution is 6.31. The van der Waals surface area contributed by atoms with Crippen molar-refractivity contribution in [3.8, 4) is 11.5 Å². The number of aromatic nitrogens is 2. The van der Waals surface area contributed by atoms with Gasteiger partial charge in [0.2, 0.25) is 0 Å². The summed E-state index contributed by atoms with van der Waals surface area (Å²) in [4.78, 5) is 35.3. The van der Waals surface area contributed by atoms with Crippen LogP contribution in [0.5, 0.6) is 11.5 Å². The van der Waals surface area contributed by atoms with Crippen molar-refractivity contribution in [2.24, 2.45) is 11.8 Å². The van der Waals surface area contributed by atoms with Gasteiger partial charge >= 0.3 is 12.1 Å². The highest BCUT2D eigenvalue weighted by Crippen LogP contribution is 2.39. The summed E-state index contributed by atoms with van der Waals surface area (Å²) in [5.41, 5.74) is 0.220. The van der Waals surface area contributed by atoms with Crippen molar-refractivity contribution in [1.29, 1.82) is 0 Å². The van der Waals surface area contributed by atoms with Crippen molar-refractivity contribution in [2.75, 3.05) is 33.1 Å². The Kier molecular flexibility index (Phi) is 11.3. The largest absolute Gasteiger partial charge is 0.493 e. The molecule has 3 aromatic rings. The summed E-state index contributed by atoms with van der Waals surface area (Å²) in [6.45, 7) is 5.97. The van der Waals surface area contributed by atoms with Crippen LogP contribution in [0.25, 0.3) is 10.9 Å². The predicted molar refractivity (Wildman–Crippen MR) is 171 cm³/mol. The number of esters is 1. The van der Waals surface area contributed by atoms with E-state index in [-0.39, 0.29) is 40.7 Å². The molecule has 244 valence electrons. The Hall–Kier alpha value is -3.86. The molecule has 1 aromatic heterocycles. The first-order chi connectivity index (χ1) is 21.4. The van der Waals surface area contributed by atoms with Crippen molar-refractivity contribution in [2.45, 2.75) is 71.0 Å². The molecular formula is C33H42ClFN4O6. The molecule has 0 radical (unpaired) electrons. The van der Waals surface area contributed by atoms with Crippen LogP contribution in [0.2, 0.25) is 5.02 Å². The Labute approximate surface area is 268 Å². The van der Waals surface area contributed by atoms with E-state index in [9.17, 15) is 14.0 Å². The third kappa shape index (κ3) is 8.87. The van der Waals surface area contributed by atoms with Crippen LogP contribution in [0.4, 0.5) is 20.7 Å². The summed E-state index contributed by atoms with van der Waals surface area (Å²) in [5.74, 6) is 0.503. The van der Waals surface area contributed by atoms with Crippen LogP contribution in [-0.2, 0) is 14.3 Å². The van der Waals surface area contributed by atoms with Gasteiger partial charge < -0.3 is 29.2 Å². The van der Waals surface area contributed by atoms with E-state index in [4.69, 9.17) is 30.5 Å². The zero-order valence-corrected chi connectivity index (χ0v) is 27.4. The lowest BCUT2D eigenvalue weighted by Crippen LogP contribution is -2.36. The number of methoxy groups -OCH3 is 2. The lowest BCUT2D eigenvalue weighted by Gasteiger charge is -2.33. The third-order valence-corrected chi connectivity index (χ3v) is 8.22. The zero-order valence-electron chi connectivity index (χ0n) is 26.7. The number of hydrogen-bond donors (Lipinski definition) is 1. The van der Waals surface area contributed by atoms with Gasteiger partial charge in [0.15, 0.2) is 17.3 Å². The van der Waals surface area contributed by atoms with Crippen LogP contribution >= 0.6 is 11.6 Å². The van der Waals surface area contributed by atoms with Gasteiger partial charge in [0.25, 0.3) is 0 Å². The Morgan fingerprint density at radius 2 is 1.84 bits per heavy atom. The molecule has 0 saturated heterocycles. The molecule has 1 fully saturated rings. The lowest BCUT2D eigenvalue weighted by atomic mass is 9.77. The molecule has 1 saturated carbocycles. The first-order valence-corrected chi connectivity index (χ1v) is 15.5. The Morgan fingerprint density at radius 1 is 1.11 bits per heavy atom. The number of nitrogens with one attached hydrogen (secondary N) is 1. The predicted octanol–water partition coefficient (Wildman–Crippen LogP) is 7.55. The maximum atomic E-state index is 14.6. The maximum absolute atomic E-state index is 14.6. The van der Waals surface area contributed by atoms with Gasteiger partial charge in [-0.25, -0.2) is 19.2 Å². The van der Waals surface area contributed by atoms with Crippen molar-refractivity contribution >= 4 is 46.1 Å². The van der Waals surface area contributed by atoms with E-state index in [0.717, 1.165) is 25.7 Å². The normalized spacial score (nSPS) is 17.3. The number of ether oxygens (including phenoxy) is 4. The monoisotopic (exact) mass is 644 g/mol. The fourth-order valence-electron chi connectivity index (χ4n) is 5.61. The minimum Gasteiger partial charge on any atom is -0.493 e. The molecule has 4 rings (SSSR count). The number of amides is 1. The van der Waals surface area contributed by atoms with E-state index in [1.165, 1.54) is 19.5 Å². The molecule has 1 N–H and O–H groups in total. The molecule has 10 nitrogen and oxygen atoms in total. The number of fused-ring (bicyclic) bond motifs is 1. The number of anilines is 2. The summed E-state index contributed by atoms with van der Waals surface area (Å²) in [7, 11) is 4.68. The quantitative estimate of drug-likeness (QED) is 0.211. The highest BCUT2D eigenvalue weighted by atomic mass is 35.5. The minimum absolute atomic E-state index is 0.00206. The van der Waals surface area contributed by atoms with Gasteiger partial charge in [0.05, 0.1) is 42.5 Å². The van der Waals surface area contributed by atoms with Crippen LogP contribution in [-0.4, -0.2) is 66.4 Å². The second-order valence-electron chi connectivity index (χ2n) is 12.3. The van der Waals surface area contributed by atoms with E-state index in [1.54, 1.807) is 43.3 Å². The van der Waals surface area contributed by atoms with Gasteiger partial charge in [0, 0.05) is 25.0 Å². The van der Waals surface area contributed by atoms with E-state index >= 15 is 0 Å². The zero-order chi connectivity index (χ0) is 32.7. The Balaban J connectivity index is 1.41. The Morgan fingerprint density at radius 3 is 2.51 bits per heavy atom. The van der Waals surface area contributed by atoms with Crippen LogP contribution in [0, 0.1) is 17.7 Å². The molecular weight excluding hydrogens is 603 g/mol. The summed E-state index contributed by atoms with van der Waals surface area (Å²) >= 11 is 5.97. The number of carbonyl (C=O) groups excluding carboxylic acids is 2. The second kappa shape index (κ2) is 14.9. The molecule has 1 aliphatic rings. The molecule has 12 heteroatoms. The van der Waals surface area contributed by atoms with Gasteiger partial charge in [-0.05, 0) is 83.4 Å². The van der Waals surface area contributed by atoms with E-state index in [2.05, 4.69) is 15.3 Å². The summed E-state index contributed by atoms with van der Waals surface area (Å²) < 4.78 is 37.3. The van der Waals surface area contributed by atoms with E-state index in [1.807, 2.05) is 20.8 Å². The standard InChI is InChI=1S/C33H42ClFN4O6/c1-33(2,3)45-32(41)39(4)16-8-9-22(31(40)43-6)20-12-14-21(15-13-20)44-28-17-23-26(18-27(28)42-5)36-19-37-30(23)38-25-11-7-10-24(34)29(25)35/h7,10-11,17-22H,8-9,12-16H2,1-6H3,(H,36,37,38)/t20?,21?,22-/m0/s1. The number of rotatable bonds is 11. The third-order valence-electron chi connectivity index (χ3n) is 7.92. The number of nitrogens with zero attached hydrogens (tertiary/aromatic N) is 3. The first-order valence-electron chi connectivity index (χ1n) is 15.1. The smallest absolute Gasteiger partial charge is 0.410 e. The summed E-state index contributed by atoms with van der Waals surface area (Å²) in [6.07, 6.45) is 5.21. The van der Waals surface area contributed by atoms with Gasteiger partial charge in [-0.3, -0.25) is 4.79 Å². The molecule has 0 spiro atoms. The Bertz CT molecular complexity index is 1490. The highest BCUT2D eigenvalue weighted by Gasteiger charge is 2.34. The van der Waals surface area contributed by atoms with E-state index < -0.39 is 11.4 Å². The van der Waals surface area contributed by atoms with Crippen molar-refractivity contribution in [1.82, 2.24) is 14.9 Å². The molecule has 1 amide bonds. The van der Waals surface area contributed by atoms with Crippen LogP contribution in [0.15, 0.2) is 36.7 Å². The molecule has 45 heavy (non-hydrogen) atoms. The molecule has 1 heterocycles. The molecule has 0 unspecified atom stereocenters. The number of carbonyl (C=O) groups is 2. The van der Waals surface area contributed by atoms with Crippen molar-refractivity contribution < 1.29 is 32.9 Å². The van der Waals surface area contributed by atoms with Gasteiger partial charge in [0.1, 0.15) is 17.7 Å². The minimum atomic E-state index is -0.576. The van der Waals surface area contributed by atoms with Crippen LogP contribution < -0.4 is 14.8 Å². The van der Waals surface area contributed by atoms with Crippen molar-refractivity contribution in [3.05, 3.63) is 47.5 Å². The number of hydrogen-bond acceptors (Lipinski definition) is 9. The fourth-order valence-corrected chi connectivity index (χ4v) is 5.78. The summed E-state index contributed by atoms with van der Waals surface area (Å²) in [5, 5.41) is 3.65. The average molecular weight is 645 g/mol. The second-order valence-corrected chi connectivity index (χ2v) is 12.7. The molecule has 1 atom stereocenters. The molecule has 0 aliphatic heterocycles. The molecule has 2 aromatic carbocycles. The number of halogens is 2. The average Bonchev–Trinajstić information content (AvgIpc) is 3.00. The van der Waals surface area contributed by atoms with Gasteiger partial charge in [-0.2, -0.15) is 0 Å². The topological polar surface area (TPSA) is 112 Å². The fraction of sp³-hybridized carbons (Fsp3) is 0.515. The van der Waals surface area contributed by atoms with Gasteiger partial charge in [-0.1, -0.05) is 17.7 Å². The maximum Gasteiger partial charge on any atom is 0.410 e. The van der Waals surface area contributed by atoms with Gasteiger partial charge in [-0.15, -0.1) is 0 Å². The molecule has 1 aliphatic carbocycles. The first kappa shape index (κ1) is 34.0. The lowest BCUT2D eigenvalue weighted by molar-refractivity contribution is -0.148.